The first kappa shape index (κ1) is 35.3. The minimum atomic E-state index is -0.647. The molecule has 2 aromatic heterocycles. The third-order valence-electron chi connectivity index (χ3n) is 10.1. The van der Waals surface area contributed by atoms with Crippen molar-refractivity contribution in [1.29, 1.82) is 0 Å². The lowest BCUT2D eigenvalue weighted by atomic mass is 9.84. The Morgan fingerprint density at radius 3 is 2.35 bits per heavy atom. The third kappa shape index (κ3) is 7.84. The van der Waals surface area contributed by atoms with E-state index in [1.165, 1.54) is 16.8 Å². The lowest BCUT2D eigenvalue weighted by Gasteiger charge is -2.35. The van der Waals surface area contributed by atoms with E-state index in [0.717, 1.165) is 67.5 Å². The van der Waals surface area contributed by atoms with E-state index in [9.17, 15) is 9.59 Å². The lowest BCUT2D eigenvalue weighted by molar-refractivity contribution is -0.132. The molecular weight excluding hydrogens is 651 g/mol. The summed E-state index contributed by atoms with van der Waals surface area (Å²) in [6, 6.07) is 27.4. The van der Waals surface area contributed by atoms with E-state index < -0.39 is 11.6 Å². The van der Waals surface area contributed by atoms with Crippen LogP contribution in [0.3, 0.4) is 0 Å². The Kier molecular flexibility index (Phi) is 10.1. The minimum Gasteiger partial charge on any atom is -0.456 e. The van der Waals surface area contributed by atoms with Gasteiger partial charge in [-0.1, -0.05) is 42.5 Å². The molecule has 7 rings (SSSR count). The number of likely N-dealkylation sites (tertiary alicyclic amines) is 1. The summed E-state index contributed by atoms with van der Waals surface area (Å²) in [5.41, 5.74) is 6.47. The van der Waals surface area contributed by atoms with Gasteiger partial charge in [-0.25, -0.2) is 9.78 Å². The number of carbonyl (C=O) groups is 2. The number of piperidine rings is 1. The first-order valence-corrected chi connectivity index (χ1v) is 18.4. The van der Waals surface area contributed by atoms with Crippen LogP contribution in [0.5, 0.6) is 11.5 Å². The maximum atomic E-state index is 13.3. The van der Waals surface area contributed by atoms with Crippen LogP contribution in [-0.2, 0) is 9.53 Å². The second kappa shape index (κ2) is 14.8. The number of nitrogens with zero attached hydrogens (tertiary/aromatic N) is 4. The highest BCUT2D eigenvalue weighted by Crippen LogP contribution is 2.42. The van der Waals surface area contributed by atoms with E-state index in [2.05, 4.69) is 63.4 Å². The third-order valence-corrected chi connectivity index (χ3v) is 10.1. The second-order valence-electron chi connectivity index (χ2n) is 15.3. The molecule has 9 heteroatoms. The van der Waals surface area contributed by atoms with Crippen LogP contribution in [0.25, 0.3) is 22.2 Å². The molecular formula is C43H49N5O4. The molecule has 1 amide bonds. The average molecular weight is 700 g/mol. The van der Waals surface area contributed by atoms with Gasteiger partial charge >= 0.3 is 5.97 Å². The summed E-state index contributed by atoms with van der Waals surface area (Å²) in [6.07, 6.45) is 7.72. The highest BCUT2D eigenvalue weighted by atomic mass is 16.6. The van der Waals surface area contributed by atoms with E-state index in [1.54, 1.807) is 12.3 Å². The lowest BCUT2D eigenvalue weighted by Crippen LogP contribution is -2.42. The van der Waals surface area contributed by atoms with Crippen LogP contribution in [0.15, 0.2) is 91.3 Å². The summed E-state index contributed by atoms with van der Waals surface area (Å²) < 4.78 is 12.1. The molecule has 1 atom stereocenters. The summed E-state index contributed by atoms with van der Waals surface area (Å²) in [6.45, 7) is 8.65. The summed E-state index contributed by atoms with van der Waals surface area (Å²) in [5, 5.41) is 0.920. The fourth-order valence-corrected chi connectivity index (χ4v) is 7.63. The summed E-state index contributed by atoms with van der Waals surface area (Å²) in [5.74, 6) is 1.18. The molecule has 0 radical (unpaired) electrons. The molecule has 2 aliphatic heterocycles. The van der Waals surface area contributed by atoms with E-state index in [1.807, 2.05) is 75.1 Å². The van der Waals surface area contributed by atoms with Crippen molar-refractivity contribution in [3.8, 4) is 22.6 Å². The molecule has 270 valence electrons. The molecule has 2 aliphatic rings. The zero-order valence-corrected chi connectivity index (χ0v) is 30.9. The molecule has 0 aliphatic carbocycles. The molecule has 5 aromatic rings. The van der Waals surface area contributed by atoms with Crippen molar-refractivity contribution < 1.29 is 19.1 Å². The fraction of sp³-hybridized carbons (Fsp3) is 0.372. The molecule has 2 fully saturated rings. The number of H-pyrrole nitrogens is 1. The normalized spacial score (nSPS) is 16.8. The van der Waals surface area contributed by atoms with Gasteiger partial charge in [0.2, 0.25) is 5.91 Å². The number of aromatic nitrogens is 2. The minimum absolute atomic E-state index is 0.219. The number of benzene rings is 3. The zero-order valence-electron chi connectivity index (χ0n) is 30.9. The van der Waals surface area contributed by atoms with Gasteiger partial charge < -0.3 is 29.2 Å². The Bertz CT molecular complexity index is 2040. The number of hydrogen-bond acceptors (Lipinski definition) is 7. The van der Waals surface area contributed by atoms with E-state index in [-0.39, 0.29) is 5.91 Å². The largest absolute Gasteiger partial charge is 0.456 e. The quantitative estimate of drug-likeness (QED) is 0.154. The predicted molar refractivity (Wildman–Crippen MR) is 206 cm³/mol. The van der Waals surface area contributed by atoms with Gasteiger partial charge in [0, 0.05) is 36.9 Å². The van der Waals surface area contributed by atoms with Gasteiger partial charge in [-0.2, -0.15) is 0 Å². The first-order chi connectivity index (χ1) is 25.0. The van der Waals surface area contributed by atoms with Gasteiger partial charge in [-0.15, -0.1) is 0 Å². The van der Waals surface area contributed by atoms with E-state index in [0.29, 0.717) is 35.6 Å². The smallest absolute Gasteiger partial charge is 0.342 e. The van der Waals surface area contributed by atoms with Crippen molar-refractivity contribution in [2.45, 2.75) is 64.0 Å². The second-order valence-corrected chi connectivity index (χ2v) is 15.3. The highest BCUT2D eigenvalue weighted by Gasteiger charge is 2.32. The SMILES string of the molecule is CN(C)CC(=O)N1CCC(c2ccccc2[C@H]2CCCN2c2ccc(-c3ccc(C(=O)OC(C)(C)C)c(Oc4cnc5[nH]ccc5c4)c3)cc2)CC1. The summed E-state index contributed by atoms with van der Waals surface area (Å²) in [7, 11) is 3.90. The van der Waals surface area contributed by atoms with Gasteiger partial charge in [0.1, 0.15) is 28.3 Å². The monoisotopic (exact) mass is 699 g/mol. The van der Waals surface area contributed by atoms with Crippen LogP contribution in [0.1, 0.15) is 79.9 Å². The van der Waals surface area contributed by atoms with Crippen LogP contribution in [0.2, 0.25) is 0 Å². The van der Waals surface area contributed by atoms with Crippen molar-refractivity contribution in [2.24, 2.45) is 0 Å². The molecule has 0 saturated carbocycles. The number of rotatable bonds is 9. The Hall–Kier alpha value is -5.15. The number of esters is 1. The molecule has 0 bridgehead atoms. The standard InChI is InChI=1S/C43H49N5O4/c1-43(2,3)52-42(50)37-17-14-31(26-39(37)51-34-25-32-18-21-44-41(32)45-27-34)29-12-15-33(16-13-29)48-22-8-11-38(48)36-10-7-6-9-35(36)30-19-23-47(24-20-30)40(49)28-46(4)5/h6-7,9-10,12-18,21,25-27,30,38H,8,11,19-20,22-24,28H2,1-5H3,(H,44,45)/t38-/m1/s1. The van der Waals surface area contributed by atoms with Crippen molar-refractivity contribution in [1.82, 2.24) is 19.8 Å². The Labute approximate surface area is 306 Å². The van der Waals surface area contributed by atoms with Crippen molar-refractivity contribution in [2.75, 3.05) is 45.2 Å². The number of aromatic amines is 1. The molecule has 3 aromatic carbocycles. The molecule has 52 heavy (non-hydrogen) atoms. The number of carbonyl (C=O) groups excluding carboxylic acids is 2. The number of likely N-dealkylation sites (N-methyl/N-ethyl adjacent to an activating group) is 1. The topological polar surface area (TPSA) is 91.0 Å². The van der Waals surface area contributed by atoms with Crippen LogP contribution < -0.4 is 9.64 Å². The van der Waals surface area contributed by atoms with Gasteiger partial charge in [0.25, 0.3) is 0 Å². The van der Waals surface area contributed by atoms with Crippen LogP contribution >= 0.6 is 0 Å². The van der Waals surface area contributed by atoms with Crippen LogP contribution in [0.4, 0.5) is 5.69 Å². The molecule has 0 spiro atoms. The number of fused-ring (bicyclic) bond motifs is 1. The van der Waals surface area contributed by atoms with Crippen molar-refractivity contribution >= 4 is 28.6 Å². The van der Waals surface area contributed by atoms with Crippen molar-refractivity contribution in [3.05, 3.63) is 108 Å². The number of ether oxygens (including phenoxy) is 2. The maximum Gasteiger partial charge on any atom is 0.342 e. The average Bonchev–Trinajstić information content (AvgIpc) is 3.81. The summed E-state index contributed by atoms with van der Waals surface area (Å²) >= 11 is 0. The van der Waals surface area contributed by atoms with Gasteiger partial charge in [0.05, 0.1) is 18.8 Å². The first-order valence-electron chi connectivity index (χ1n) is 18.4. The van der Waals surface area contributed by atoms with Crippen LogP contribution in [-0.4, -0.2) is 77.5 Å². The zero-order chi connectivity index (χ0) is 36.4. The molecule has 4 heterocycles. The van der Waals surface area contributed by atoms with E-state index in [4.69, 9.17) is 9.47 Å². The Morgan fingerprint density at radius 1 is 0.885 bits per heavy atom. The number of amides is 1. The number of pyridine rings is 1. The predicted octanol–water partition coefficient (Wildman–Crippen LogP) is 8.59. The number of nitrogens with one attached hydrogen (secondary N) is 1. The molecule has 9 nitrogen and oxygen atoms in total. The molecule has 1 N–H and O–H groups in total. The van der Waals surface area contributed by atoms with Gasteiger partial charge in [-0.05, 0) is 125 Å². The van der Waals surface area contributed by atoms with Crippen LogP contribution in [0, 0.1) is 0 Å². The van der Waals surface area contributed by atoms with Gasteiger partial charge in [-0.3, -0.25) is 4.79 Å². The number of hydrogen-bond donors (Lipinski definition) is 1. The Morgan fingerprint density at radius 2 is 1.62 bits per heavy atom. The van der Waals surface area contributed by atoms with Crippen molar-refractivity contribution in [3.63, 3.8) is 0 Å². The van der Waals surface area contributed by atoms with E-state index >= 15 is 0 Å². The summed E-state index contributed by atoms with van der Waals surface area (Å²) in [4.78, 5) is 40.1. The highest BCUT2D eigenvalue weighted by molar-refractivity contribution is 5.94. The maximum absolute atomic E-state index is 13.3. The molecule has 0 unspecified atom stereocenters. The number of anilines is 1. The molecule has 2 saturated heterocycles. The fourth-order valence-electron chi connectivity index (χ4n) is 7.63. The Balaban J connectivity index is 1.11. The van der Waals surface area contributed by atoms with Gasteiger partial charge in [0.15, 0.2) is 0 Å².